The van der Waals surface area contributed by atoms with Gasteiger partial charge in [0.1, 0.15) is 0 Å². The quantitative estimate of drug-likeness (QED) is 0.538. The lowest BCUT2D eigenvalue weighted by atomic mass is 10.2. The van der Waals surface area contributed by atoms with Crippen LogP contribution in [0.4, 0.5) is 0 Å². The van der Waals surface area contributed by atoms with E-state index in [1.807, 2.05) is 23.5 Å². The molecule has 0 aliphatic carbocycles. The number of thiophene rings is 1. The van der Waals surface area contributed by atoms with E-state index in [4.69, 9.17) is 9.73 Å². The number of guanidine groups is 1. The zero-order valence-corrected chi connectivity index (χ0v) is 17.0. The maximum Gasteiger partial charge on any atom is 0.213 e. The van der Waals surface area contributed by atoms with Gasteiger partial charge in [0.05, 0.1) is 19.7 Å². The van der Waals surface area contributed by atoms with E-state index in [1.165, 1.54) is 30.8 Å². The minimum absolute atomic E-state index is 0.400. The molecule has 0 aromatic carbocycles. The fourth-order valence-corrected chi connectivity index (χ4v) is 4.17. The van der Waals surface area contributed by atoms with Crippen LogP contribution in [0.3, 0.4) is 0 Å². The van der Waals surface area contributed by atoms with Gasteiger partial charge in [-0.3, -0.25) is 4.90 Å². The maximum absolute atomic E-state index is 5.19. The van der Waals surface area contributed by atoms with Gasteiger partial charge in [-0.15, -0.1) is 11.3 Å². The van der Waals surface area contributed by atoms with Gasteiger partial charge in [-0.05, 0) is 55.9 Å². The molecule has 6 nitrogen and oxygen atoms in total. The third kappa shape index (κ3) is 5.68. The van der Waals surface area contributed by atoms with Crippen molar-refractivity contribution in [1.29, 1.82) is 0 Å². The second-order valence-corrected chi connectivity index (χ2v) is 7.54. The highest BCUT2D eigenvalue weighted by Gasteiger charge is 2.24. The van der Waals surface area contributed by atoms with E-state index in [0.717, 1.165) is 24.6 Å². The van der Waals surface area contributed by atoms with Crippen molar-refractivity contribution >= 4 is 17.3 Å². The molecule has 1 aliphatic rings. The van der Waals surface area contributed by atoms with Crippen molar-refractivity contribution < 1.29 is 4.74 Å². The van der Waals surface area contributed by atoms with Gasteiger partial charge in [0.25, 0.3) is 0 Å². The Labute approximate surface area is 165 Å². The van der Waals surface area contributed by atoms with Gasteiger partial charge in [-0.1, -0.05) is 6.07 Å². The lowest BCUT2D eigenvalue weighted by Gasteiger charge is -2.27. The van der Waals surface area contributed by atoms with Gasteiger partial charge in [-0.2, -0.15) is 0 Å². The molecular formula is C20H29N5OS. The first-order valence-corrected chi connectivity index (χ1v) is 10.5. The average molecular weight is 388 g/mol. The molecule has 2 aromatic heterocycles. The highest BCUT2D eigenvalue weighted by atomic mass is 32.1. The normalized spacial score (nSPS) is 16.3. The Hall–Kier alpha value is -2.12. The highest BCUT2D eigenvalue weighted by molar-refractivity contribution is 7.10. The third-order valence-corrected chi connectivity index (χ3v) is 5.66. The van der Waals surface area contributed by atoms with Crippen LogP contribution < -0.4 is 15.4 Å². The van der Waals surface area contributed by atoms with E-state index < -0.39 is 0 Å². The van der Waals surface area contributed by atoms with Crippen molar-refractivity contribution in [2.45, 2.75) is 32.4 Å². The van der Waals surface area contributed by atoms with E-state index >= 15 is 0 Å². The molecule has 1 saturated heterocycles. The van der Waals surface area contributed by atoms with Gasteiger partial charge in [-0.25, -0.2) is 9.98 Å². The summed E-state index contributed by atoms with van der Waals surface area (Å²) in [6.07, 6.45) is 4.34. The molecule has 7 heteroatoms. The summed E-state index contributed by atoms with van der Waals surface area (Å²) in [6, 6.07) is 8.67. The summed E-state index contributed by atoms with van der Waals surface area (Å²) in [6.45, 7) is 6.71. The number of aromatic nitrogens is 1. The topological polar surface area (TPSA) is 61.8 Å². The van der Waals surface area contributed by atoms with Gasteiger partial charge in [0.2, 0.25) is 5.88 Å². The molecule has 3 heterocycles. The summed E-state index contributed by atoms with van der Waals surface area (Å²) in [5, 5.41) is 9.05. The number of nitrogens with one attached hydrogen (secondary N) is 2. The molecule has 3 rings (SSSR count). The lowest BCUT2D eigenvalue weighted by Crippen LogP contribution is -2.42. The number of aliphatic imine (C=N–C) groups is 1. The minimum atomic E-state index is 0.400. The van der Waals surface area contributed by atoms with Crippen molar-refractivity contribution in [2.75, 3.05) is 33.3 Å². The molecule has 0 spiro atoms. The number of ether oxygens (including phenoxy) is 1. The van der Waals surface area contributed by atoms with Gasteiger partial charge < -0.3 is 15.4 Å². The molecule has 1 atom stereocenters. The summed E-state index contributed by atoms with van der Waals surface area (Å²) in [7, 11) is 1.63. The van der Waals surface area contributed by atoms with E-state index in [9.17, 15) is 0 Å². The Balaban J connectivity index is 1.65. The van der Waals surface area contributed by atoms with Crippen LogP contribution in [0, 0.1) is 0 Å². The fourth-order valence-electron chi connectivity index (χ4n) is 3.31. The fraction of sp³-hybridized carbons (Fsp3) is 0.500. The second-order valence-electron chi connectivity index (χ2n) is 6.56. The Morgan fingerprint density at radius 1 is 1.33 bits per heavy atom. The maximum atomic E-state index is 5.19. The molecule has 0 amide bonds. The standard InChI is InChI=1S/C20H29N5OS/c1-3-21-20(23-14-16-8-9-22-19(13-16)26-2)24-15-17(18-7-6-12-27-18)25-10-4-5-11-25/h6-9,12-13,17H,3-5,10-11,14-15H2,1-2H3,(H2,21,23,24). The predicted molar refractivity (Wildman–Crippen MR) is 111 cm³/mol. The first-order chi connectivity index (χ1) is 13.3. The van der Waals surface area contributed by atoms with Crippen LogP contribution in [0.2, 0.25) is 0 Å². The molecule has 2 aromatic rings. The van der Waals surface area contributed by atoms with Gasteiger partial charge in [0.15, 0.2) is 5.96 Å². The van der Waals surface area contributed by atoms with Crippen LogP contribution in [-0.4, -0.2) is 49.1 Å². The van der Waals surface area contributed by atoms with Gasteiger partial charge >= 0.3 is 0 Å². The van der Waals surface area contributed by atoms with E-state index in [1.54, 1.807) is 13.3 Å². The number of nitrogens with zero attached hydrogens (tertiary/aromatic N) is 3. The van der Waals surface area contributed by atoms with Crippen molar-refractivity contribution in [2.24, 2.45) is 4.99 Å². The molecule has 27 heavy (non-hydrogen) atoms. The summed E-state index contributed by atoms with van der Waals surface area (Å²) in [4.78, 5) is 12.9. The minimum Gasteiger partial charge on any atom is -0.481 e. The Morgan fingerprint density at radius 2 is 2.19 bits per heavy atom. The first-order valence-electron chi connectivity index (χ1n) is 9.58. The Bertz CT molecular complexity index is 713. The van der Waals surface area contributed by atoms with Crippen LogP contribution >= 0.6 is 11.3 Å². The summed E-state index contributed by atoms with van der Waals surface area (Å²) in [5.74, 6) is 1.46. The zero-order chi connectivity index (χ0) is 18.9. The molecule has 146 valence electrons. The van der Waals surface area contributed by atoms with Crippen LogP contribution in [-0.2, 0) is 6.54 Å². The van der Waals surface area contributed by atoms with E-state index in [0.29, 0.717) is 18.5 Å². The summed E-state index contributed by atoms with van der Waals surface area (Å²) >= 11 is 1.83. The second kappa shape index (κ2) is 10.3. The van der Waals surface area contributed by atoms with E-state index in [-0.39, 0.29) is 0 Å². The molecule has 0 saturated carbocycles. The number of rotatable bonds is 8. The highest BCUT2D eigenvalue weighted by Crippen LogP contribution is 2.27. The molecular weight excluding hydrogens is 358 g/mol. The zero-order valence-electron chi connectivity index (χ0n) is 16.1. The van der Waals surface area contributed by atoms with Crippen LogP contribution in [0.15, 0.2) is 40.8 Å². The molecule has 1 unspecified atom stereocenters. The number of hydrogen-bond acceptors (Lipinski definition) is 5. The van der Waals surface area contributed by atoms with Crippen molar-refractivity contribution in [3.05, 3.63) is 46.3 Å². The van der Waals surface area contributed by atoms with Gasteiger partial charge in [0, 0.05) is 30.2 Å². The Kier molecular flexibility index (Phi) is 7.47. The summed E-state index contributed by atoms with van der Waals surface area (Å²) in [5.41, 5.74) is 1.08. The van der Waals surface area contributed by atoms with Crippen LogP contribution in [0.25, 0.3) is 0 Å². The molecule has 1 fully saturated rings. The molecule has 2 N–H and O–H groups in total. The smallest absolute Gasteiger partial charge is 0.213 e. The molecule has 0 radical (unpaired) electrons. The van der Waals surface area contributed by atoms with Crippen LogP contribution in [0.1, 0.15) is 36.2 Å². The number of methoxy groups -OCH3 is 1. The SMILES string of the molecule is CCNC(=NCc1ccnc(OC)c1)NCC(c1cccs1)N1CCCC1. The summed E-state index contributed by atoms with van der Waals surface area (Å²) < 4.78 is 5.19. The third-order valence-electron chi connectivity index (χ3n) is 4.69. The first kappa shape index (κ1) is 19.6. The van der Waals surface area contributed by atoms with Crippen LogP contribution in [0.5, 0.6) is 5.88 Å². The number of likely N-dealkylation sites (tertiary alicyclic amines) is 1. The molecule has 1 aliphatic heterocycles. The average Bonchev–Trinajstić information content (AvgIpc) is 3.41. The largest absolute Gasteiger partial charge is 0.481 e. The lowest BCUT2D eigenvalue weighted by molar-refractivity contribution is 0.249. The van der Waals surface area contributed by atoms with Crippen molar-refractivity contribution in [3.63, 3.8) is 0 Å². The Morgan fingerprint density at radius 3 is 2.89 bits per heavy atom. The number of pyridine rings is 1. The van der Waals surface area contributed by atoms with Crippen molar-refractivity contribution in [3.8, 4) is 5.88 Å². The van der Waals surface area contributed by atoms with E-state index in [2.05, 4.69) is 45.0 Å². The number of hydrogen-bond donors (Lipinski definition) is 2. The monoisotopic (exact) mass is 387 g/mol. The van der Waals surface area contributed by atoms with Crippen molar-refractivity contribution in [1.82, 2.24) is 20.5 Å². The molecule has 0 bridgehead atoms. The predicted octanol–water partition coefficient (Wildman–Crippen LogP) is 3.04.